The third-order valence-corrected chi connectivity index (χ3v) is 4.72. The van der Waals surface area contributed by atoms with Gasteiger partial charge in [0.2, 0.25) is 0 Å². The standard InChI is InChI=1S/C21H27N3O2.ClH/c1-17-6-4-9-20(14-17)26-16-21(25)24(15-18-7-2-3-12-23-18)19-8-5-11-22-13-10-19;/h2-4,6-7,9,12,14,19,22H,5,8,10-11,13,15-16H2,1H3;1H. The highest BCUT2D eigenvalue weighted by molar-refractivity contribution is 5.85. The summed E-state index contributed by atoms with van der Waals surface area (Å²) in [7, 11) is 0. The van der Waals surface area contributed by atoms with Crippen LogP contribution in [0.2, 0.25) is 0 Å². The lowest BCUT2D eigenvalue weighted by atomic mass is 10.1. The zero-order valence-corrected chi connectivity index (χ0v) is 16.6. The van der Waals surface area contributed by atoms with E-state index in [-0.39, 0.29) is 31.0 Å². The molecule has 2 aromatic rings. The molecule has 0 saturated carbocycles. The molecule has 146 valence electrons. The van der Waals surface area contributed by atoms with Gasteiger partial charge in [-0.3, -0.25) is 9.78 Å². The number of carbonyl (C=O) groups excluding carboxylic acids is 1. The first-order valence-corrected chi connectivity index (χ1v) is 9.32. The molecule has 3 rings (SSSR count). The van der Waals surface area contributed by atoms with Crippen LogP contribution in [0.1, 0.15) is 30.5 Å². The monoisotopic (exact) mass is 389 g/mol. The largest absolute Gasteiger partial charge is 0.484 e. The van der Waals surface area contributed by atoms with Crippen LogP contribution in [0.25, 0.3) is 0 Å². The van der Waals surface area contributed by atoms with Crippen molar-refractivity contribution in [2.45, 2.75) is 38.8 Å². The van der Waals surface area contributed by atoms with E-state index in [1.165, 1.54) is 0 Å². The molecule has 1 aliphatic rings. The maximum atomic E-state index is 13.0. The average Bonchev–Trinajstić information content (AvgIpc) is 2.94. The third kappa shape index (κ3) is 6.52. The van der Waals surface area contributed by atoms with Gasteiger partial charge in [-0.1, -0.05) is 18.2 Å². The fraction of sp³-hybridized carbons (Fsp3) is 0.429. The molecule has 0 spiro atoms. The SMILES string of the molecule is Cc1cccc(OCC(=O)N(Cc2ccccn2)C2CCCNCC2)c1.Cl. The maximum Gasteiger partial charge on any atom is 0.261 e. The summed E-state index contributed by atoms with van der Waals surface area (Å²) in [5.41, 5.74) is 2.03. The number of halogens is 1. The number of pyridine rings is 1. The Bertz CT molecular complexity index is 704. The van der Waals surface area contributed by atoms with Crippen molar-refractivity contribution in [3.05, 3.63) is 59.9 Å². The number of hydrogen-bond acceptors (Lipinski definition) is 4. The van der Waals surface area contributed by atoms with E-state index < -0.39 is 0 Å². The minimum Gasteiger partial charge on any atom is -0.484 e. The lowest BCUT2D eigenvalue weighted by molar-refractivity contribution is -0.136. The molecule has 6 heteroatoms. The summed E-state index contributed by atoms with van der Waals surface area (Å²) in [4.78, 5) is 19.3. The van der Waals surface area contributed by atoms with Crippen LogP contribution in [-0.4, -0.2) is 41.5 Å². The van der Waals surface area contributed by atoms with Crippen molar-refractivity contribution in [3.63, 3.8) is 0 Å². The van der Waals surface area contributed by atoms with Crippen LogP contribution in [0.5, 0.6) is 5.75 Å². The van der Waals surface area contributed by atoms with E-state index in [9.17, 15) is 4.79 Å². The normalized spacial score (nSPS) is 16.7. The Balaban J connectivity index is 0.00000261. The summed E-state index contributed by atoms with van der Waals surface area (Å²) in [6.45, 7) is 4.56. The molecule has 1 amide bonds. The van der Waals surface area contributed by atoms with Crippen LogP contribution in [0, 0.1) is 6.92 Å². The van der Waals surface area contributed by atoms with Crippen LogP contribution in [0.3, 0.4) is 0 Å². The van der Waals surface area contributed by atoms with Gasteiger partial charge in [0.1, 0.15) is 5.75 Å². The number of rotatable bonds is 6. The van der Waals surface area contributed by atoms with Gasteiger partial charge in [-0.25, -0.2) is 0 Å². The van der Waals surface area contributed by atoms with Crippen molar-refractivity contribution in [1.29, 1.82) is 0 Å². The maximum absolute atomic E-state index is 13.0. The Hall–Kier alpha value is -2.11. The van der Waals surface area contributed by atoms with E-state index in [1.54, 1.807) is 6.20 Å². The predicted octanol–water partition coefficient (Wildman–Crippen LogP) is 3.36. The second kappa shape index (κ2) is 10.9. The van der Waals surface area contributed by atoms with Crippen molar-refractivity contribution >= 4 is 18.3 Å². The molecule has 2 heterocycles. The van der Waals surface area contributed by atoms with Gasteiger partial charge in [0.05, 0.1) is 12.2 Å². The first-order valence-electron chi connectivity index (χ1n) is 9.32. The average molecular weight is 390 g/mol. The number of ether oxygens (including phenoxy) is 1. The Labute approximate surface area is 167 Å². The summed E-state index contributed by atoms with van der Waals surface area (Å²) in [5, 5.41) is 3.41. The predicted molar refractivity (Wildman–Crippen MR) is 109 cm³/mol. The second-order valence-corrected chi connectivity index (χ2v) is 6.78. The summed E-state index contributed by atoms with van der Waals surface area (Å²) in [6.07, 6.45) is 4.82. The highest BCUT2D eigenvalue weighted by Gasteiger charge is 2.25. The molecular formula is C21H28ClN3O2. The molecular weight excluding hydrogens is 362 g/mol. The highest BCUT2D eigenvalue weighted by atomic mass is 35.5. The fourth-order valence-corrected chi connectivity index (χ4v) is 3.33. The lowest BCUT2D eigenvalue weighted by Crippen LogP contribution is -2.43. The Morgan fingerprint density at radius 1 is 1.22 bits per heavy atom. The topological polar surface area (TPSA) is 54.5 Å². The van der Waals surface area contributed by atoms with Gasteiger partial charge >= 0.3 is 0 Å². The van der Waals surface area contributed by atoms with Crippen molar-refractivity contribution in [3.8, 4) is 5.75 Å². The van der Waals surface area contributed by atoms with Gasteiger partial charge in [0.15, 0.2) is 6.61 Å². The van der Waals surface area contributed by atoms with Crippen LogP contribution in [0.4, 0.5) is 0 Å². The van der Waals surface area contributed by atoms with E-state index >= 15 is 0 Å². The Morgan fingerprint density at radius 2 is 2.11 bits per heavy atom. The number of hydrogen-bond donors (Lipinski definition) is 1. The van der Waals surface area contributed by atoms with Gasteiger partial charge in [-0.05, 0) is 69.1 Å². The molecule has 0 aliphatic carbocycles. The summed E-state index contributed by atoms with van der Waals surface area (Å²) in [6, 6.07) is 13.8. The van der Waals surface area contributed by atoms with Gasteiger partial charge in [-0.15, -0.1) is 12.4 Å². The summed E-state index contributed by atoms with van der Waals surface area (Å²) < 4.78 is 5.76. The molecule has 1 saturated heterocycles. The molecule has 1 aromatic carbocycles. The Kier molecular flexibility index (Phi) is 8.55. The molecule has 5 nitrogen and oxygen atoms in total. The first-order chi connectivity index (χ1) is 12.7. The number of aryl methyl sites for hydroxylation is 1. The van der Waals surface area contributed by atoms with E-state index in [1.807, 2.05) is 54.3 Å². The summed E-state index contributed by atoms with van der Waals surface area (Å²) in [5.74, 6) is 0.753. The molecule has 1 N–H and O–H groups in total. The van der Waals surface area contributed by atoms with E-state index in [0.29, 0.717) is 6.54 Å². The van der Waals surface area contributed by atoms with E-state index in [4.69, 9.17) is 4.74 Å². The van der Waals surface area contributed by atoms with Gasteiger partial charge in [0, 0.05) is 12.2 Å². The zero-order chi connectivity index (χ0) is 18.2. The first kappa shape index (κ1) is 21.2. The van der Waals surface area contributed by atoms with Crippen LogP contribution >= 0.6 is 12.4 Å². The molecule has 1 aliphatic heterocycles. The molecule has 1 aromatic heterocycles. The lowest BCUT2D eigenvalue weighted by Gasteiger charge is -2.31. The second-order valence-electron chi connectivity index (χ2n) is 6.78. The van der Waals surface area contributed by atoms with Gasteiger partial charge < -0.3 is 15.0 Å². The van der Waals surface area contributed by atoms with Crippen molar-refractivity contribution < 1.29 is 9.53 Å². The number of benzene rings is 1. The fourth-order valence-electron chi connectivity index (χ4n) is 3.33. The van der Waals surface area contributed by atoms with Crippen molar-refractivity contribution in [2.75, 3.05) is 19.7 Å². The van der Waals surface area contributed by atoms with Crippen LogP contribution < -0.4 is 10.1 Å². The van der Waals surface area contributed by atoms with Crippen LogP contribution in [-0.2, 0) is 11.3 Å². The van der Waals surface area contributed by atoms with E-state index in [0.717, 1.165) is 49.4 Å². The van der Waals surface area contributed by atoms with Gasteiger partial charge in [-0.2, -0.15) is 0 Å². The molecule has 0 radical (unpaired) electrons. The summed E-state index contributed by atoms with van der Waals surface area (Å²) >= 11 is 0. The molecule has 1 fully saturated rings. The zero-order valence-electron chi connectivity index (χ0n) is 15.8. The number of aromatic nitrogens is 1. The number of carbonyl (C=O) groups is 1. The third-order valence-electron chi connectivity index (χ3n) is 4.72. The van der Waals surface area contributed by atoms with E-state index in [2.05, 4.69) is 10.3 Å². The number of nitrogens with one attached hydrogen (secondary N) is 1. The molecule has 1 atom stereocenters. The smallest absolute Gasteiger partial charge is 0.261 e. The quantitative estimate of drug-likeness (QED) is 0.823. The van der Waals surface area contributed by atoms with Gasteiger partial charge in [0.25, 0.3) is 5.91 Å². The van der Waals surface area contributed by atoms with Crippen molar-refractivity contribution in [1.82, 2.24) is 15.2 Å². The van der Waals surface area contributed by atoms with Crippen LogP contribution in [0.15, 0.2) is 48.7 Å². The molecule has 27 heavy (non-hydrogen) atoms. The highest BCUT2D eigenvalue weighted by Crippen LogP contribution is 2.18. The minimum absolute atomic E-state index is 0. The molecule has 1 unspecified atom stereocenters. The number of amides is 1. The van der Waals surface area contributed by atoms with Crippen molar-refractivity contribution in [2.24, 2.45) is 0 Å². The Morgan fingerprint density at radius 3 is 2.89 bits per heavy atom. The molecule has 0 bridgehead atoms. The number of nitrogens with zero attached hydrogens (tertiary/aromatic N) is 2. The minimum atomic E-state index is 0.